The molecule has 8 nitrogen and oxygen atoms in total. The normalized spacial score (nSPS) is 17.4. The first kappa shape index (κ1) is 27.6. The maximum atomic E-state index is 13.6. The Morgan fingerprint density at radius 1 is 1.07 bits per heavy atom. The molecule has 2 amide bonds. The van der Waals surface area contributed by atoms with Gasteiger partial charge >= 0.3 is 5.97 Å². The zero-order chi connectivity index (χ0) is 28.2. The number of anilines is 1. The number of nitrogens with one attached hydrogen (secondary N) is 2. The Morgan fingerprint density at radius 3 is 2.52 bits per heavy atom. The number of thiophene rings is 1. The van der Waals surface area contributed by atoms with Gasteiger partial charge in [-0.15, -0.1) is 11.3 Å². The zero-order valence-electron chi connectivity index (χ0n) is 21.7. The molecule has 40 heavy (non-hydrogen) atoms. The molecule has 0 saturated carbocycles. The first-order chi connectivity index (χ1) is 19.4. The number of ether oxygens (including phenoxy) is 1. The predicted octanol–water partition coefficient (Wildman–Crippen LogP) is 4.87. The van der Waals surface area contributed by atoms with Crippen LogP contribution in [0.25, 0.3) is 0 Å². The Balaban J connectivity index is 1.44. The van der Waals surface area contributed by atoms with Crippen LogP contribution in [0.15, 0.2) is 70.9 Å². The summed E-state index contributed by atoms with van der Waals surface area (Å²) < 4.78 is 18.5. The second-order valence-electron chi connectivity index (χ2n) is 9.29. The van der Waals surface area contributed by atoms with Crippen molar-refractivity contribution in [2.75, 3.05) is 12.4 Å². The van der Waals surface area contributed by atoms with Crippen LogP contribution in [-0.2, 0) is 33.7 Å². The number of amides is 2. The van der Waals surface area contributed by atoms with E-state index < -0.39 is 28.9 Å². The van der Waals surface area contributed by atoms with Gasteiger partial charge in [-0.1, -0.05) is 42.1 Å². The lowest BCUT2D eigenvalue weighted by Crippen LogP contribution is -2.31. The third kappa shape index (κ3) is 5.80. The van der Waals surface area contributed by atoms with Crippen LogP contribution in [-0.4, -0.2) is 35.2 Å². The van der Waals surface area contributed by atoms with Crippen molar-refractivity contribution >= 4 is 56.6 Å². The van der Waals surface area contributed by atoms with Crippen LogP contribution < -0.4 is 16.4 Å². The van der Waals surface area contributed by atoms with E-state index in [0.717, 1.165) is 53.4 Å². The number of carbonyl (C=O) groups is 3. The highest BCUT2D eigenvalue weighted by Gasteiger charge is 2.39. The second-order valence-corrected chi connectivity index (χ2v) is 11.5. The molecule has 1 aromatic heterocycles. The van der Waals surface area contributed by atoms with E-state index in [1.165, 1.54) is 42.7 Å². The lowest BCUT2D eigenvalue weighted by Gasteiger charge is -2.13. The highest BCUT2D eigenvalue weighted by Crippen LogP contribution is 2.40. The minimum absolute atomic E-state index is 0.0508. The van der Waals surface area contributed by atoms with Crippen LogP contribution in [0.1, 0.15) is 39.2 Å². The molecule has 0 saturated heterocycles. The Hall–Kier alpha value is -3.96. The fourth-order valence-corrected chi connectivity index (χ4v) is 7.04. The van der Waals surface area contributed by atoms with Gasteiger partial charge in [0.05, 0.1) is 23.9 Å². The van der Waals surface area contributed by atoms with Crippen LogP contribution in [0, 0.1) is 5.82 Å². The van der Waals surface area contributed by atoms with Gasteiger partial charge in [0.2, 0.25) is 5.91 Å². The van der Waals surface area contributed by atoms with Gasteiger partial charge in [-0.05, 0) is 61.1 Å². The molecule has 0 spiro atoms. The van der Waals surface area contributed by atoms with E-state index in [1.54, 1.807) is 0 Å². The molecule has 4 N–H and O–H groups in total. The smallest absolute Gasteiger partial charge is 0.341 e. The Labute approximate surface area is 238 Å². The Kier molecular flexibility index (Phi) is 8.32. The third-order valence-corrected chi connectivity index (χ3v) is 9.06. The molecule has 3 aromatic rings. The number of fused-ring (bicyclic) bond motifs is 1. The first-order valence-corrected chi connectivity index (χ1v) is 14.4. The van der Waals surface area contributed by atoms with E-state index in [2.05, 4.69) is 15.6 Å². The number of nitrogens with zero attached hydrogens (tertiary/aromatic N) is 1. The monoisotopic (exact) mass is 578 g/mol. The van der Waals surface area contributed by atoms with Crippen molar-refractivity contribution in [2.24, 2.45) is 10.7 Å². The van der Waals surface area contributed by atoms with Crippen LogP contribution >= 0.6 is 23.1 Å². The van der Waals surface area contributed by atoms with Gasteiger partial charge in [0.15, 0.2) is 0 Å². The van der Waals surface area contributed by atoms with Crippen molar-refractivity contribution in [1.29, 1.82) is 0 Å². The summed E-state index contributed by atoms with van der Waals surface area (Å²) in [4.78, 5) is 45.1. The molecule has 5 rings (SSSR count). The van der Waals surface area contributed by atoms with Gasteiger partial charge in [-0.2, -0.15) is 0 Å². The summed E-state index contributed by atoms with van der Waals surface area (Å²) in [7, 11) is 1.31. The number of halogens is 1. The van der Waals surface area contributed by atoms with Crippen molar-refractivity contribution in [2.45, 2.75) is 37.5 Å². The van der Waals surface area contributed by atoms with Crippen LogP contribution in [0.5, 0.6) is 0 Å². The molecule has 11 heteroatoms. The summed E-state index contributed by atoms with van der Waals surface area (Å²) in [5, 5.41) is 5.41. The number of aliphatic imine (C=N–C) groups is 1. The van der Waals surface area contributed by atoms with Crippen molar-refractivity contribution in [3.63, 3.8) is 0 Å². The second kappa shape index (κ2) is 12.1. The highest BCUT2D eigenvalue weighted by molar-refractivity contribution is 8.16. The van der Waals surface area contributed by atoms with Crippen LogP contribution in [0.3, 0.4) is 0 Å². The molecule has 206 valence electrons. The molecule has 0 unspecified atom stereocenters. The number of nitrogens with two attached hydrogens (primary N) is 1. The molecule has 1 atom stereocenters. The number of benzene rings is 2. The molecule has 0 fully saturated rings. The number of thioether (sulfide) groups is 1. The number of carbonyl (C=O) groups excluding carboxylic acids is 3. The summed E-state index contributed by atoms with van der Waals surface area (Å²) in [6.45, 7) is 0.255. The number of methoxy groups -OCH3 is 1. The van der Waals surface area contributed by atoms with E-state index in [4.69, 9.17) is 10.5 Å². The maximum absolute atomic E-state index is 13.6. The minimum Gasteiger partial charge on any atom is -0.465 e. The van der Waals surface area contributed by atoms with E-state index in [-0.39, 0.29) is 22.9 Å². The minimum atomic E-state index is -0.971. The van der Waals surface area contributed by atoms with E-state index >= 15 is 0 Å². The highest BCUT2D eigenvalue weighted by atomic mass is 32.2. The molecule has 2 aliphatic rings. The van der Waals surface area contributed by atoms with Crippen molar-refractivity contribution < 1.29 is 23.5 Å². The lowest BCUT2D eigenvalue weighted by molar-refractivity contribution is -0.117. The molecule has 2 heterocycles. The van der Waals surface area contributed by atoms with Crippen LogP contribution in [0.4, 0.5) is 15.1 Å². The van der Waals surface area contributed by atoms with Crippen LogP contribution in [0.2, 0.25) is 0 Å². The summed E-state index contributed by atoms with van der Waals surface area (Å²) in [6, 6.07) is 14.9. The molecule has 1 aliphatic carbocycles. The van der Waals surface area contributed by atoms with Gasteiger partial charge in [-0.3, -0.25) is 9.59 Å². The fraction of sp³-hybridized carbons (Fsp3) is 0.241. The summed E-state index contributed by atoms with van der Waals surface area (Å²) in [6.07, 6.45) is 3.55. The number of hydrogen-bond acceptors (Lipinski definition) is 8. The summed E-state index contributed by atoms with van der Waals surface area (Å²) in [5.74, 6) is -1.89. The molecular weight excluding hydrogens is 551 g/mol. The van der Waals surface area contributed by atoms with Gasteiger partial charge < -0.3 is 21.1 Å². The number of aryl methyl sites for hydroxylation is 1. The topological polar surface area (TPSA) is 123 Å². The molecule has 0 radical (unpaired) electrons. The molecule has 1 aliphatic heterocycles. The SMILES string of the molecule is COC(=O)c1c(NC(=O)[C@@H]2SC(=Nc3ccc(F)cc3)C(C(=O)NCc3ccccc3)=C2N)sc2c1CCCC2. The summed E-state index contributed by atoms with van der Waals surface area (Å²) in [5.41, 5.74) is 9.18. The zero-order valence-corrected chi connectivity index (χ0v) is 23.3. The maximum Gasteiger partial charge on any atom is 0.341 e. The number of esters is 1. The van der Waals surface area contributed by atoms with Crippen molar-refractivity contribution in [3.8, 4) is 0 Å². The quantitative estimate of drug-likeness (QED) is 0.344. The number of hydrogen-bond donors (Lipinski definition) is 3. The van der Waals surface area contributed by atoms with E-state index in [1.807, 2.05) is 30.3 Å². The molecule has 0 bridgehead atoms. The van der Waals surface area contributed by atoms with Crippen molar-refractivity contribution in [3.05, 3.63) is 93.3 Å². The molecule has 2 aromatic carbocycles. The predicted molar refractivity (Wildman–Crippen MR) is 155 cm³/mol. The van der Waals surface area contributed by atoms with Gasteiger partial charge in [0, 0.05) is 17.1 Å². The Bertz CT molecular complexity index is 1520. The summed E-state index contributed by atoms with van der Waals surface area (Å²) >= 11 is 2.40. The van der Waals surface area contributed by atoms with E-state index in [0.29, 0.717) is 16.3 Å². The fourth-order valence-electron chi connectivity index (χ4n) is 4.64. The first-order valence-electron chi connectivity index (χ1n) is 12.7. The molecular formula is C29H27FN4O4S2. The largest absolute Gasteiger partial charge is 0.465 e. The average molecular weight is 579 g/mol. The Morgan fingerprint density at radius 2 is 1.80 bits per heavy atom. The third-order valence-electron chi connectivity index (χ3n) is 6.63. The van der Waals surface area contributed by atoms with Gasteiger partial charge in [0.1, 0.15) is 21.1 Å². The standard InChI is InChI=1S/C29H27FN4O4S2/c1-38-29(37)21-19-9-5-6-10-20(19)39-27(21)34-26(36)24-23(31)22(25(35)32-15-16-7-3-2-4-8-16)28(40-24)33-18-13-11-17(30)12-14-18/h2-4,7-8,11-14,24H,5-6,9-10,15,31H2,1H3,(H,32,35)(H,34,36)/t24-/m1/s1. The van der Waals surface area contributed by atoms with Crippen molar-refractivity contribution in [1.82, 2.24) is 5.32 Å². The van der Waals surface area contributed by atoms with Gasteiger partial charge in [-0.25, -0.2) is 14.2 Å². The van der Waals surface area contributed by atoms with Gasteiger partial charge in [0.25, 0.3) is 5.91 Å². The number of rotatable bonds is 7. The van der Waals surface area contributed by atoms with E-state index in [9.17, 15) is 18.8 Å². The average Bonchev–Trinajstić information content (AvgIpc) is 3.49. The lowest BCUT2D eigenvalue weighted by atomic mass is 9.95.